The molecule has 206 valence electrons. The minimum Gasteiger partial charge on any atom is -0.493 e. The second-order valence-electron chi connectivity index (χ2n) is 9.88. The molecule has 3 aromatic carbocycles. The maximum atomic E-state index is 15.7. The zero-order valence-electron chi connectivity index (χ0n) is 21.7. The Labute approximate surface area is 223 Å². The molecule has 0 fully saturated rings. The zero-order valence-corrected chi connectivity index (χ0v) is 21.7. The van der Waals surface area contributed by atoms with Crippen molar-refractivity contribution in [3.05, 3.63) is 88.2 Å². The largest absolute Gasteiger partial charge is 0.493 e. The summed E-state index contributed by atoms with van der Waals surface area (Å²) in [7, 11) is 0. The Bertz CT molecular complexity index is 1450. The number of allylic oxidation sites excluding steroid dienone is 1. The van der Waals surface area contributed by atoms with Crippen LogP contribution in [-0.4, -0.2) is 6.61 Å². The van der Waals surface area contributed by atoms with Crippen molar-refractivity contribution in [3.8, 4) is 28.0 Å². The fraction of sp³-hybridized carbons (Fsp3) is 0.355. The molecule has 1 heterocycles. The van der Waals surface area contributed by atoms with Gasteiger partial charge in [-0.2, -0.15) is 8.78 Å². The van der Waals surface area contributed by atoms with E-state index in [-0.39, 0.29) is 29.0 Å². The summed E-state index contributed by atoms with van der Waals surface area (Å²) in [5.41, 5.74) is -2.44. The molecule has 1 aliphatic carbocycles. The Morgan fingerprint density at radius 3 is 2.10 bits per heavy atom. The standard InChI is InChI=1S/C31H28F6O2/c1-3-5-6-7-17-8-14-23(39-16-17)22-12-11-21(28(33)29(22)34)20-10-9-18-19-13-15-24(38-4-2)30(35)26(19)31(36,37)25(18)27(20)32/h9-13,15-16,23H,3-8,14H2,1-2H3. The van der Waals surface area contributed by atoms with Crippen LogP contribution in [0.3, 0.4) is 0 Å². The van der Waals surface area contributed by atoms with Gasteiger partial charge < -0.3 is 9.47 Å². The number of hydrogen-bond acceptors (Lipinski definition) is 2. The lowest BCUT2D eigenvalue weighted by molar-refractivity contribution is 0.0399. The smallest absolute Gasteiger partial charge is 0.305 e. The highest BCUT2D eigenvalue weighted by Gasteiger charge is 2.50. The maximum Gasteiger partial charge on any atom is 0.305 e. The van der Waals surface area contributed by atoms with E-state index in [1.54, 1.807) is 13.2 Å². The molecule has 0 N–H and O–H groups in total. The molecule has 2 nitrogen and oxygen atoms in total. The summed E-state index contributed by atoms with van der Waals surface area (Å²) in [6.07, 6.45) is 6.15. The first-order valence-electron chi connectivity index (χ1n) is 13.2. The Morgan fingerprint density at radius 1 is 0.795 bits per heavy atom. The van der Waals surface area contributed by atoms with E-state index < -0.39 is 57.5 Å². The van der Waals surface area contributed by atoms with Crippen molar-refractivity contribution < 1.29 is 35.8 Å². The van der Waals surface area contributed by atoms with Gasteiger partial charge >= 0.3 is 5.92 Å². The number of benzene rings is 3. The van der Waals surface area contributed by atoms with Crippen molar-refractivity contribution in [1.29, 1.82) is 0 Å². The summed E-state index contributed by atoms with van der Waals surface area (Å²) in [5, 5.41) is 0. The van der Waals surface area contributed by atoms with Gasteiger partial charge in [-0.25, -0.2) is 17.6 Å². The van der Waals surface area contributed by atoms with Crippen molar-refractivity contribution in [2.45, 2.75) is 64.4 Å². The summed E-state index contributed by atoms with van der Waals surface area (Å²) in [5.74, 6) is -9.73. The number of ether oxygens (including phenoxy) is 2. The van der Waals surface area contributed by atoms with E-state index in [2.05, 4.69) is 6.92 Å². The van der Waals surface area contributed by atoms with Gasteiger partial charge in [0, 0.05) is 16.7 Å². The molecule has 1 atom stereocenters. The lowest BCUT2D eigenvalue weighted by Gasteiger charge is -2.24. The number of unbranched alkanes of at least 4 members (excludes halogenated alkanes) is 2. The fourth-order valence-corrected chi connectivity index (χ4v) is 5.45. The van der Waals surface area contributed by atoms with Crippen molar-refractivity contribution in [3.63, 3.8) is 0 Å². The normalized spacial score (nSPS) is 17.3. The molecular formula is C31H28F6O2. The minimum atomic E-state index is -4.05. The average Bonchev–Trinajstić information content (AvgIpc) is 3.16. The van der Waals surface area contributed by atoms with Crippen molar-refractivity contribution in [2.75, 3.05) is 6.61 Å². The number of rotatable bonds is 8. The number of alkyl halides is 2. The van der Waals surface area contributed by atoms with Crippen LogP contribution < -0.4 is 4.74 Å². The molecule has 0 bridgehead atoms. The molecule has 0 spiro atoms. The topological polar surface area (TPSA) is 18.5 Å². The molecule has 0 aromatic heterocycles. The fourth-order valence-electron chi connectivity index (χ4n) is 5.45. The third-order valence-electron chi connectivity index (χ3n) is 7.44. The van der Waals surface area contributed by atoms with Gasteiger partial charge in [0.1, 0.15) is 11.9 Å². The van der Waals surface area contributed by atoms with Crippen LogP contribution in [0.25, 0.3) is 22.3 Å². The molecule has 0 radical (unpaired) electrons. The van der Waals surface area contributed by atoms with E-state index in [9.17, 15) is 4.39 Å². The van der Waals surface area contributed by atoms with Gasteiger partial charge in [-0.1, -0.05) is 44.0 Å². The van der Waals surface area contributed by atoms with E-state index in [0.29, 0.717) is 12.8 Å². The highest BCUT2D eigenvalue weighted by molar-refractivity contribution is 5.84. The second kappa shape index (κ2) is 10.6. The molecule has 5 rings (SSSR count). The van der Waals surface area contributed by atoms with E-state index in [1.165, 1.54) is 24.3 Å². The number of hydrogen-bond donors (Lipinski definition) is 0. The number of fused-ring (bicyclic) bond motifs is 3. The summed E-state index contributed by atoms with van der Waals surface area (Å²) in [6, 6.07) is 7.18. The van der Waals surface area contributed by atoms with Crippen LogP contribution in [0.15, 0.2) is 48.2 Å². The summed E-state index contributed by atoms with van der Waals surface area (Å²) in [4.78, 5) is 0. The predicted molar refractivity (Wildman–Crippen MR) is 137 cm³/mol. The Hall–Kier alpha value is -3.42. The molecule has 0 saturated carbocycles. The van der Waals surface area contributed by atoms with E-state index in [0.717, 1.165) is 43.4 Å². The van der Waals surface area contributed by atoms with Gasteiger partial charge in [0.2, 0.25) is 0 Å². The Kier molecular flexibility index (Phi) is 7.40. The van der Waals surface area contributed by atoms with Gasteiger partial charge in [0.05, 0.1) is 24.0 Å². The third kappa shape index (κ3) is 4.57. The third-order valence-corrected chi connectivity index (χ3v) is 7.44. The SMILES string of the molecule is CCCCCC1=COC(c2ccc(-c3ccc4c(c3F)C(F)(F)c3c-4ccc(OCC)c3F)c(F)c2F)CC1. The minimum absolute atomic E-state index is 0.0232. The first kappa shape index (κ1) is 27.2. The van der Waals surface area contributed by atoms with E-state index >= 15 is 22.0 Å². The molecule has 3 aromatic rings. The Balaban J connectivity index is 1.48. The summed E-state index contributed by atoms with van der Waals surface area (Å²) < 4.78 is 103. The average molecular weight is 547 g/mol. The molecule has 8 heteroatoms. The molecule has 1 aliphatic heterocycles. The van der Waals surface area contributed by atoms with Crippen LogP contribution in [0.2, 0.25) is 0 Å². The molecule has 0 amide bonds. The lowest BCUT2D eigenvalue weighted by Crippen LogP contribution is -2.16. The van der Waals surface area contributed by atoms with Crippen LogP contribution in [-0.2, 0) is 10.7 Å². The first-order valence-corrected chi connectivity index (χ1v) is 13.2. The molecular weight excluding hydrogens is 518 g/mol. The highest BCUT2D eigenvalue weighted by atomic mass is 19.3. The van der Waals surface area contributed by atoms with Crippen molar-refractivity contribution >= 4 is 0 Å². The number of halogens is 6. The molecule has 2 aliphatic rings. The monoisotopic (exact) mass is 546 g/mol. The van der Waals surface area contributed by atoms with Crippen molar-refractivity contribution in [2.24, 2.45) is 0 Å². The van der Waals surface area contributed by atoms with Gasteiger partial charge in [-0.15, -0.1) is 0 Å². The van der Waals surface area contributed by atoms with E-state index in [1.807, 2.05) is 0 Å². The summed E-state index contributed by atoms with van der Waals surface area (Å²) in [6.45, 7) is 3.74. The predicted octanol–water partition coefficient (Wildman–Crippen LogP) is 9.74. The van der Waals surface area contributed by atoms with Crippen LogP contribution in [0.1, 0.15) is 75.2 Å². The van der Waals surface area contributed by atoms with Gasteiger partial charge in [-0.05, 0) is 61.4 Å². The van der Waals surface area contributed by atoms with Gasteiger partial charge in [0.15, 0.2) is 23.2 Å². The first-order chi connectivity index (χ1) is 18.7. The molecule has 1 unspecified atom stereocenters. The van der Waals surface area contributed by atoms with E-state index in [4.69, 9.17) is 9.47 Å². The van der Waals surface area contributed by atoms with Gasteiger partial charge in [-0.3, -0.25) is 0 Å². The second-order valence-corrected chi connectivity index (χ2v) is 9.88. The lowest BCUT2D eigenvalue weighted by atomic mass is 9.93. The zero-order chi connectivity index (χ0) is 27.9. The van der Waals surface area contributed by atoms with Crippen LogP contribution in [0.4, 0.5) is 26.3 Å². The quantitative estimate of drug-likeness (QED) is 0.207. The highest BCUT2D eigenvalue weighted by Crippen LogP contribution is 2.55. The maximum absolute atomic E-state index is 15.7. The van der Waals surface area contributed by atoms with Gasteiger partial charge in [0.25, 0.3) is 0 Å². The Morgan fingerprint density at radius 2 is 1.44 bits per heavy atom. The van der Waals surface area contributed by atoms with Crippen LogP contribution >= 0.6 is 0 Å². The van der Waals surface area contributed by atoms with Crippen LogP contribution in [0.5, 0.6) is 5.75 Å². The van der Waals surface area contributed by atoms with Crippen molar-refractivity contribution in [1.82, 2.24) is 0 Å². The molecule has 39 heavy (non-hydrogen) atoms. The van der Waals surface area contributed by atoms with Crippen LogP contribution in [0, 0.1) is 23.3 Å². The summed E-state index contributed by atoms with van der Waals surface area (Å²) >= 11 is 0. The molecule has 0 saturated heterocycles.